The van der Waals surface area contributed by atoms with Crippen LogP contribution in [0.15, 0.2) is 24.3 Å². The fraction of sp³-hybridized carbons (Fsp3) is 0.286. The number of nitro groups is 1. The van der Waals surface area contributed by atoms with Crippen LogP contribution in [-0.2, 0) is 6.42 Å². The van der Waals surface area contributed by atoms with E-state index in [4.69, 9.17) is 0 Å². The second-order valence-electron chi connectivity index (χ2n) is 4.88. The Balaban J connectivity index is 2.25. The maximum absolute atomic E-state index is 11.2. The van der Waals surface area contributed by atoms with Crippen molar-refractivity contribution < 1.29 is 14.8 Å². The van der Waals surface area contributed by atoms with E-state index in [0.29, 0.717) is 17.1 Å². The minimum absolute atomic E-state index is 0.0342. The van der Waals surface area contributed by atoms with Crippen molar-refractivity contribution in [1.82, 2.24) is 4.98 Å². The number of aromatic nitrogens is 1. The van der Waals surface area contributed by atoms with Crippen LogP contribution in [0.5, 0.6) is 0 Å². The summed E-state index contributed by atoms with van der Waals surface area (Å²) in [6.45, 7) is 3.80. The highest BCUT2D eigenvalue weighted by atomic mass is 32.1. The van der Waals surface area contributed by atoms with Crippen LogP contribution in [0.2, 0.25) is 0 Å². The van der Waals surface area contributed by atoms with Gasteiger partial charge in [-0.1, -0.05) is 26.0 Å². The van der Waals surface area contributed by atoms with E-state index in [0.717, 1.165) is 16.9 Å². The average molecular weight is 306 g/mol. The molecule has 0 amide bonds. The van der Waals surface area contributed by atoms with Crippen molar-refractivity contribution in [2.24, 2.45) is 0 Å². The summed E-state index contributed by atoms with van der Waals surface area (Å²) in [5.74, 6) is -0.927. The van der Waals surface area contributed by atoms with Crippen LogP contribution in [0.25, 0.3) is 0 Å². The standard InChI is InChI=1S/C14H14N2O4S/c1-8(2)12-13(14(17)18)21-11(15-12)7-9-3-5-10(6-4-9)16(19)20/h3-6,8H,7H2,1-2H3,(H,17,18). The average Bonchev–Trinajstić information content (AvgIpc) is 2.83. The lowest BCUT2D eigenvalue weighted by Gasteiger charge is -2.00. The molecule has 0 spiro atoms. The van der Waals surface area contributed by atoms with Crippen molar-refractivity contribution in [3.63, 3.8) is 0 Å². The second kappa shape index (κ2) is 6.01. The minimum atomic E-state index is -0.967. The van der Waals surface area contributed by atoms with Gasteiger partial charge in [-0.25, -0.2) is 9.78 Å². The molecule has 0 radical (unpaired) electrons. The van der Waals surface area contributed by atoms with Crippen molar-refractivity contribution in [1.29, 1.82) is 0 Å². The first-order valence-corrected chi connectivity index (χ1v) is 7.16. The van der Waals surface area contributed by atoms with E-state index in [2.05, 4.69) is 4.98 Å². The van der Waals surface area contributed by atoms with E-state index in [9.17, 15) is 20.0 Å². The number of nitrogens with zero attached hydrogens (tertiary/aromatic N) is 2. The molecule has 7 heteroatoms. The van der Waals surface area contributed by atoms with Crippen LogP contribution < -0.4 is 0 Å². The number of non-ortho nitro benzene ring substituents is 1. The molecule has 2 aromatic rings. The highest BCUT2D eigenvalue weighted by molar-refractivity contribution is 7.13. The first kappa shape index (κ1) is 15.1. The first-order valence-electron chi connectivity index (χ1n) is 6.34. The van der Waals surface area contributed by atoms with Crippen molar-refractivity contribution in [3.8, 4) is 0 Å². The van der Waals surface area contributed by atoms with E-state index in [1.165, 1.54) is 12.1 Å². The summed E-state index contributed by atoms with van der Waals surface area (Å²) in [7, 11) is 0. The monoisotopic (exact) mass is 306 g/mol. The van der Waals surface area contributed by atoms with E-state index in [-0.39, 0.29) is 16.5 Å². The molecule has 0 aliphatic heterocycles. The van der Waals surface area contributed by atoms with Gasteiger partial charge in [0.15, 0.2) is 0 Å². The van der Waals surface area contributed by atoms with Gasteiger partial charge in [-0.3, -0.25) is 10.1 Å². The molecule has 0 saturated heterocycles. The molecule has 110 valence electrons. The molecule has 1 aromatic heterocycles. The fourth-order valence-electron chi connectivity index (χ4n) is 1.91. The zero-order valence-corrected chi connectivity index (χ0v) is 12.4. The third-order valence-corrected chi connectivity index (χ3v) is 4.00. The van der Waals surface area contributed by atoms with Crippen molar-refractivity contribution in [2.75, 3.05) is 0 Å². The van der Waals surface area contributed by atoms with E-state index in [1.54, 1.807) is 12.1 Å². The molecule has 1 aromatic carbocycles. The smallest absolute Gasteiger partial charge is 0.347 e. The van der Waals surface area contributed by atoms with Crippen LogP contribution in [0.1, 0.15) is 45.7 Å². The summed E-state index contributed by atoms with van der Waals surface area (Å²) in [5.41, 5.74) is 1.48. The van der Waals surface area contributed by atoms with Crippen LogP contribution >= 0.6 is 11.3 Å². The van der Waals surface area contributed by atoms with Gasteiger partial charge in [0.2, 0.25) is 0 Å². The van der Waals surface area contributed by atoms with Crippen molar-refractivity contribution >= 4 is 23.0 Å². The Kier molecular flexibility index (Phi) is 4.32. The van der Waals surface area contributed by atoms with Gasteiger partial charge < -0.3 is 5.11 Å². The summed E-state index contributed by atoms with van der Waals surface area (Å²) >= 11 is 1.16. The number of hydrogen-bond donors (Lipinski definition) is 1. The molecule has 0 bridgehead atoms. The molecule has 0 aliphatic carbocycles. The Morgan fingerprint density at radius 3 is 2.43 bits per heavy atom. The maximum atomic E-state index is 11.2. The normalized spacial score (nSPS) is 10.8. The number of carbonyl (C=O) groups is 1. The summed E-state index contributed by atoms with van der Waals surface area (Å²) in [6, 6.07) is 6.19. The lowest BCUT2D eigenvalue weighted by atomic mass is 10.1. The van der Waals surface area contributed by atoms with Crippen LogP contribution in [0.4, 0.5) is 5.69 Å². The number of carboxylic acids is 1. The molecule has 6 nitrogen and oxygen atoms in total. The van der Waals surface area contributed by atoms with Gasteiger partial charge in [0, 0.05) is 18.6 Å². The minimum Gasteiger partial charge on any atom is -0.477 e. The van der Waals surface area contributed by atoms with Gasteiger partial charge in [-0.05, 0) is 11.5 Å². The van der Waals surface area contributed by atoms with Gasteiger partial charge in [0.25, 0.3) is 5.69 Å². The molecule has 0 atom stereocenters. The molecule has 1 heterocycles. The van der Waals surface area contributed by atoms with Gasteiger partial charge in [-0.2, -0.15) is 0 Å². The number of benzene rings is 1. The van der Waals surface area contributed by atoms with Crippen molar-refractivity contribution in [3.05, 3.63) is 55.5 Å². The largest absolute Gasteiger partial charge is 0.477 e. The molecular formula is C14H14N2O4S. The first-order chi connectivity index (χ1) is 9.88. The lowest BCUT2D eigenvalue weighted by molar-refractivity contribution is -0.384. The number of nitro benzene ring substituents is 1. The third-order valence-electron chi connectivity index (χ3n) is 2.94. The molecule has 0 aliphatic rings. The predicted octanol–water partition coefficient (Wildman–Crippen LogP) is 3.46. The van der Waals surface area contributed by atoms with Crippen LogP contribution in [0, 0.1) is 10.1 Å². The predicted molar refractivity (Wildman–Crippen MR) is 79.1 cm³/mol. The Morgan fingerprint density at radius 2 is 2.00 bits per heavy atom. The molecular weight excluding hydrogens is 292 g/mol. The van der Waals surface area contributed by atoms with E-state index in [1.807, 2.05) is 13.8 Å². The van der Waals surface area contributed by atoms with Crippen molar-refractivity contribution in [2.45, 2.75) is 26.2 Å². The quantitative estimate of drug-likeness (QED) is 0.674. The summed E-state index contributed by atoms with van der Waals surface area (Å²) in [5, 5.41) is 20.5. The molecule has 0 saturated carbocycles. The molecule has 2 rings (SSSR count). The van der Waals surface area contributed by atoms with Gasteiger partial charge >= 0.3 is 5.97 Å². The second-order valence-corrected chi connectivity index (χ2v) is 5.97. The highest BCUT2D eigenvalue weighted by Crippen LogP contribution is 2.27. The summed E-state index contributed by atoms with van der Waals surface area (Å²) in [6.07, 6.45) is 0.468. The Morgan fingerprint density at radius 1 is 1.38 bits per heavy atom. The van der Waals surface area contributed by atoms with Gasteiger partial charge in [0.05, 0.1) is 15.6 Å². The molecule has 0 fully saturated rings. The van der Waals surface area contributed by atoms with Gasteiger partial charge in [-0.15, -0.1) is 11.3 Å². The SMILES string of the molecule is CC(C)c1nc(Cc2ccc([N+](=O)[O-])cc2)sc1C(=O)O. The van der Waals surface area contributed by atoms with E-state index >= 15 is 0 Å². The highest BCUT2D eigenvalue weighted by Gasteiger charge is 2.19. The molecule has 1 N–H and O–H groups in total. The number of aromatic carboxylic acids is 1. The number of hydrogen-bond acceptors (Lipinski definition) is 5. The summed E-state index contributed by atoms with van der Waals surface area (Å²) in [4.78, 5) is 26.0. The number of carboxylic acid groups (broad SMARTS) is 1. The third kappa shape index (κ3) is 3.43. The zero-order chi connectivity index (χ0) is 15.6. The Bertz CT molecular complexity index is 677. The summed E-state index contributed by atoms with van der Waals surface area (Å²) < 4.78 is 0. The molecule has 0 unspecified atom stereocenters. The van der Waals surface area contributed by atoms with Crippen LogP contribution in [-0.4, -0.2) is 21.0 Å². The topological polar surface area (TPSA) is 93.3 Å². The Labute approximate surface area is 125 Å². The number of rotatable bonds is 5. The zero-order valence-electron chi connectivity index (χ0n) is 11.6. The lowest BCUT2D eigenvalue weighted by Crippen LogP contribution is -2.00. The maximum Gasteiger partial charge on any atom is 0.347 e. The van der Waals surface area contributed by atoms with Gasteiger partial charge in [0.1, 0.15) is 4.88 Å². The van der Waals surface area contributed by atoms with Crippen LogP contribution in [0.3, 0.4) is 0 Å². The van der Waals surface area contributed by atoms with E-state index < -0.39 is 10.9 Å². The Hall–Kier alpha value is -2.28. The fourth-order valence-corrected chi connectivity index (χ4v) is 3.00. The number of thiazole rings is 1. The molecule has 21 heavy (non-hydrogen) atoms.